The molecule has 0 saturated heterocycles. The molecule has 2 aromatic heterocycles. The molecule has 0 aliphatic heterocycles. The van der Waals surface area contributed by atoms with Crippen molar-refractivity contribution in [2.24, 2.45) is 0 Å². The Bertz CT molecular complexity index is 889. The number of nitrogens with one attached hydrogen (secondary N) is 2. The first kappa shape index (κ1) is 15.5. The molecule has 8 heteroatoms. The van der Waals surface area contributed by atoms with Crippen molar-refractivity contribution in [3.05, 3.63) is 47.2 Å². The summed E-state index contributed by atoms with van der Waals surface area (Å²) in [6.45, 7) is 0. The summed E-state index contributed by atoms with van der Waals surface area (Å²) in [6.07, 6.45) is -1.57. The van der Waals surface area contributed by atoms with Crippen LogP contribution in [-0.2, 0) is 4.79 Å². The van der Waals surface area contributed by atoms with Crippen LogP contribution in [0.1, 0.15) is 0 Å². The van der Waals surface area contributed by atoms with Crippen LogP contribution in [0.25, 0.3) is 22.2 Å². The zero-order chi connectivity index (χ0) is 16.6. The molecule has 2 heterocycles. The summed E-state index contributed by atoms with van der Waals surface area (Å²) in [5.41, 5.74) is 2.13. The highest BCUT2D eigenvalue weighted by Gasteiger charge is 2.38. The molecule has 4 nitrogen and oxygen atoms in total. The molecule has 0 spiro atoms. The van der Waals surface area contributed by atoms with Crippen molar-refractivity contribution in [1.29, 1.82) is 0 Å². The van der Waals surface area contributed by atoms with Crippen LogP contribution in [0.5, 0.6) is 0 Å². The second-order valence-electron chi connectivity index (χ2n) is 4.79. The number of rotatable bonds is 2. The molecular formula is C15H9BrF3N3O. The van der Waals surface area contributed by atoms with Gasteiger partial charge in [-0.05, 0) is 39.7 Å². The third kappa shape index (κ3) is 3.21. The summed E-state index contributed by atoms with van der Waals surface area (Å²) in [5, 5.41) is 2.69. The van der Waals surface area contributed by atoms with Crippen LogP contribution in [0.4, 0.5) is 18.9 Å². The van der Waals surface area contributed by atoms with Crippen molar-refractivity contribution in [3.8, 4) is 11.1 Å². The first-order valence-electron chi connectivity index (χ1n) is 6.46. The largest absolute Gasteiger partial charge is 0.471 e. The number of halogens is 4. The Morgan fingerprint density at radius 1 is 1.22 bits per heavy atom. The molecule has 0 radical (unpaired) electrons. The van der Waals surface area contributed by atoms with E-state index in [-0.39, 0.29) is 5.69 Å². The van der Waals surface area contributed by atoms with E-state index in [1.54, 1.807) is 24.5 Å². The van der Waals surface area contributed by atoms with E-state index < -0.39 is 12.1 Å². The fourth-order valence-electron chi connectivity index (χ4n) is 2.11. The quantitative estimate of drug-likeness (QED) is 0.684. The highest BCUT2D eigenvalue weighted by atomic mass is 79.9. The highest BCUT2D eigenvalue weighted by molar-refractivity contribution is 9.10. The molecular weight excluding hydrogens is 375 g/mol. The maximum Gasteiger partial charge on any atom is 0.471 e. The first-order chi connectivity index (χ1) is 10.8. The van der Waals surface area contributed by atoms with Gasteiger partial charge in [0.2, 0.25) is 0 Å². The molecule has 1 aromatic carbocycles. The molecule has 1 amide bonds. The molecule has 0 aliphatic carbocycles. The van der Waals surface area contributed by atoms with Crippen LogP contribution in [0.3, 0.4) is 0 Å². The lowest BCUT2D eigenvalue weighted by molar-refractivity contribution is -0.167. The van der Waals surface area contributed by atoms with E-state index in [2.05, 4.69) is 25.9 Å². The van der Waals surface area contributed by atoms with Gasteiger partial charge in [-0.2, -0.15) is 13.2 Å². The maximum atomic E-state index is 12.3. The van der Waals surface area contributed by atoms with E-state index in [4.69, 9.17) is 0 Å². The number of aromatic amines is 1. The smallest absolute Gasteiger partial charge is 0.345 e. The van der Waals surface area contributed by atoms with Crippen molar-refractivity contribution < 1.29 is 18.0 Å². The van der Waals surface area contributed by atoms with Crippen molar-refractivity contribution in [2.75, 3.05) is 5.32 Å². The summed E-state index contributed by atoms with van der Waals surface area (Å²) < 4.78 is 37.8. The summed E-state index contributed by atoms with van der Waals surface area (Å²) in [5.74, 6) is -2.00. The zero-order valence-corrected chi connectivity index (χ0v) is 13.0. The monoisotopic (exact) mass is 383 g/mol. The molecule has 23 heavy (non-hydrogen) atoms. The molecule has 0 unspecified atom stereocenters. The fourth-order valence-corrected chi connectivity index (χ4v) is 2.52. The van der Waals surface area contributed by atoms with Gasteiger partial charge in [0.25, 0.3) is 0 Å². The normalized spacial score (nSPS) is 11.7. The number of nitrogens with zero attached hydrogens (tertiary/aromatic N) is 1. The Morgan fingerprint density at radius 2 is 2.00 bits per heavy atom. The lowest BCUT2D eigenvalue weighted by atomic mass is 10.1. The Morgan fingerprint density at radius 3 is 2.74 bits per heavy atom. The molecule has 3 aromatic rings. The number of hydrogen-bond donors (Lipinski definition) is 2. The van der Waals surface area contributed by atoms with Gasteiger partial charge >= 0.3 is 12.1 Å². The number of pyridine rings is 1. The number of carbonyl (C=O) groups excluding carboxylic acids is 1. The number of fused-ring (bicyclic) bond motifs is 1. The standard InChI is InChI=1S/C15H9BrF3N3O/c16-12-7-21-13-11(12)5-9(6-20-13)8-2-1-3-10(4-8)22-14(23)15(17,18)19/h1-7H,(H,20,21)(H,22,23). The van der Waals surface area contributed by atoms with Crippen molar-refractivity contribution >= 4 is 38.6 Å². The fraction of sp³-hybridized carbons (Fsp3) is 0.0667. The van der Waals surface area contributed by atoms with Gasteiger partial charge < -0.3 is 10.3 Å². The number of alkyl halides is 3. The Balaban J connectivity index is 1.95. The van der Waals surface area contributed by atoms with Crippen LogP contribution in [0, 0.1) is 0 Å². The number of H-pyrrole nitrogens is 1. The lowest BCUT2D eigenvalue weighted by Gasteiger charge is -2.09. The second-order valence-corrected chi connectivity index (χ2v) is 5.64. The molecule has 0 aliphatic rings. The summed E-state index contributed by atoms with van der Waals surface area (Å²) in [4.78, 5) is 18.2. The van der Waals surface area contributed by atoms with Gasteiger partial charge in [0, 0.05) is 33.5 Å². The number of aromatic nitrogens is 2. The number of hydrogen-bond acceptors (Lipinski definition) is 2. The summed E-state index contributed by atoms with van der Waals surface area (Å²) >= 11 is 3.39. The van der Waals surface area contributed by atoms with E-state index in [1.807, 2.05) is 11.4 Å². The van der Waals surface area contributed by atoms with Gasteiger partial charge in [-0.1, -0.05) is 12.1 Å². The average molecular weight is 384 g/mol. The minimum Gasteiger partial charge on any atom is -0.345 e. The molecule has 0 fully saturated rings. The number of amides is 1. The van der Waals surface area contributed by atoms with Gasteiger partial charge in [0.15, 0.2) is 0 Å². The van der Waals surface area contributed by atoms with Crippen LogP contribution in [-0.4, -0.2) is 22.1 Å². The minimum absolute atomic E-state index is 0.0676. The van der Waals surface area contributed by atoms with E-state index in [0.29, 0.717) is 11.2 Å². The Hall–Kier alpha value is -2.35. The predicted octanol–water partition coefficient (Wildman–Crippen LogP) is 4.49. The maximum absolute atomic E-state index is 12.3. The third-order valence-electron chi connectivity index (χ3n) is 3.19. The Labute approximate surface area is 136 Å². The van der Waals surface area contributed by atoms with Gasteiger partial charge in [-0.25, -0.2) is 4.98 Å². The third-order valence-corrected chi connectivity index (χ3v) is 3.85. The topological polar surface area (TPSA) is 57.8 Å². The summed E-state index contributed by atoms with van der Waals surface area (Å²) in [7, 11) is 0. The van der Waals surface area contributed by atoms with Crippen molar-refractivity contribution in [2.45, 2.75) is 6.18 Å². The molecule has 3 rings (SSSR count). The SMILES string of the molecule is O=C(Nc1cccc(-c2cnc3[nH]cc(Br)c3c2)c1)C(F)(F)F. The molecule has 0 bridgehead atoms. The van der Waals surface area contributed by atoms with Gasteiger partial charge in [0.05, 0.1) is 0 Å². The van der Waals surface area contributed by atoms with Crippen molar-refractivity contribution in [1.82, 2.24) is 9.97 Å². The van der Waals surface area contributed by atoms with Gasteiger partial charge in [0.1, 0.15) is 5.65 Å². The lowest BCUT2D eigenvalue weighted by Crippen LogP contribution is -2.29. The van der Waals surface area contributed by atoms with Gasteiger partial charge in [-0.15, -0.1) is 0 Å². The van der Waals surface area contributed by atoms with E-state index in [0.717, 1.165) is 15.4 Å². The molecule has 0 saturated carbocycles. The Kier molecular flexibility index (Phi) is 3.85. The molecule has 118 valence electrons. The van der Waals surface area contributed by atoms with E-state index in [9.17, 15) is 18.0 Å². The van der Waals surface area contributed by atoms with Gasteiger partial charge in [-0.3, -0.25) is 4.79 Å². The van der Waals surface area contributed by atoms with Crippen molar-refractivity contribution in [3.63, 3.8) is 0 Å². The average Bonchev–Trinajstić information content (AvgIpc) is 2.87. The minimum atomic E-state index is -4.92. The molecule has 0 atom stereocenters. The number of carbonyl (C=O) groups is 1. The van der Waals surface area contributed by atoms with E-state index >= 15 is 0 Å². The zero-order valence-electron chi connectivity index (χ0n) is 11.4. The van der Waals surface area contributed by atoms with Crippen LogP contribution in [0.2, 0.25) is 0 Å². The van der Waals surface area contributed by atoms with Crippen LogP contribution < -0.4 is 5.32 Å². The number of anilines is 1. The number of benzene rings is 1. The summed E-state index contributed by atoms with van der Waals surface area (Å²) in [6, 6.07) is 8.01. The highest BCUT2D eigenvalue weighted by Crippen LogP contribution is 2.29. The van der Waals surface area contributed by atoms with E-state index in [1.165, 1.54) is 12.1 Å². The second kappa shape index (κ2) is 5.69. The van der Waals surface area contributed by atoms with Crippen LogP contribution in [0.15, 0.2) is 47.2 Å². The van der Waals surface area contributed by atoms with Crippen LogP contribution >= 0.6 is 15.9 Å². The predicted molar refractivity (Wildman–Crippen MR) is 83.9 cm³/mol. The first-order valence-corrected chi connectivity index (χ1v) is 7.25. The molecule has 2 N–H and O–H groups in total.